The number of likely N-dealkylation sites (N-methyl/N-ethyl adjacent to an activating group) is 1. The summed E-state index contributed by atoms with van der Waals surface area (Å²) in [5.41, 5.74) is 4.37. The molecule has 0 radical (unpaired) electrons. The van der Waals surface area contributed by atoms with E-state index < -0.39 is 5.82 Å². The summed E-state index contributed by atoms with van der Waals surface area (Å²) in [4.78, 5) is 14.3. The highest BCUT2D eigenvalue weighted by Gasteiger charge is 2.18. The largest absolute Gasteiger partial charge is 0.494 e. The lowest BCUT2D eigenvalue weighted by atomic mass is 10.1. The molecule has 28 heavy (non-hydrogen) atoms. The van der Waals surface area contributed by atoms with Crippen molar-refractivity contribution in [3.63, 3.8) is 0 Å². The second kappa shape index (κ2) is 8.25. The highest BCUT2D eigenvalue weighted by Crippen LogP contribution is 2.21. The first kappa shape index (κ1) is 19.6. The number of aryl methyl sites for hydroxylation is 1. The summed E-state index contributed by atoms with van der Waals surface area (Å²) in [6.45, 7) is 4.20. The molecular formula is C22H24FN3O2. The zero-order valence-corrected chi connectivity index (χ0v) is 16.6. The molecule has 0 fully saturated rings. The molecule has 0 saturated carbocycles. The summed E-state index contributed by atoms with van der Waals surface area (Å²) in [5.74, 6) is -0.288. The molecule has 1 heterocycles. The number of ether oxygens (including phenoxy) is 1. The van der Waals surface area contributed by atoms with Gasteiger partial charge in [-0.25, -0.2) is 9.07 Å². The summed E-state index contributed by atoms with van der Waals surface area (Å²) < 4.78 is 20.7. The van der Waals surface area contributed by atoms with E-state index in [2.05, 4.69) is 5.10 Å². The number of amides is 1. The second-order valence-corrected chi connectivity index (χ2v) is 6.79. The third-order valence-electron chi connectivity index (χ3n) is 4.83. The van der Waals surface area contributed by atoms with Crippen molar-refractivity contribution >= 4 is 5.91 Å². The van der Waals surface area contributed by atoms with Crippen molar-refractivity contribution in [3.8, 4) is 11.4 Å². The topological polar surface area (TPSA) is 47.4 Å². The minimum atomic E-state index is -0.434. The Morgan fingerprint density at radius 1 is 1.18 bits per heavy atom. The molecule has 0 saturated heterocycles. The van der Waals surface area contributed by atoms with Crippen LogP contribution in [-0.4, -0.2) is 34.7 Å². The van der Waals surface area contributed by atoms with Crippen LogP contribution >= 0.6 is 0 Å². The fourth-order valence-corrected chi connectivity index (χ4v) is 3.21. The van der Waals surface area contributed by atoms with E-state index in [-0.39, 0.29) is 18.1 Å². The second-order valence-electron chi connectivity index (χ2n) is 6.79. The summed E-state index contributed by atoms with van der Waals surface area (Å²) >= 11 is 0. The molecule has 0 unspecified atom stereocenters. The minimum Gasteiger partial charge on any atom is -0.494 e. The van der Waals surface area contributed by atoms with E-state index in [1.165, 1.54) is 13.2 Å². The van der Waals surface area contributed by atoms with Crippen LogP contribution in [0.25, 0.3) is 5.69 Å². The number of para-hydroxylation sites is 1. The van der Waals surface area contributed by atoms with Crippen LogP contribution in [0, 0.1) is 19.7 Å². The quantitative estimate of drug-likeness (QED) is 0.652. The van der Waals surface area contributed by atoms with Crippen LogP contribution in [0.5, 0.6) is 5.75 Å². The van der Waals surface area contributed by atoms with Gasteiger partial charge in [-0.05, 0) is 43.7 Å². The maximum Gasteiger partial charge on any atom is 0.227 e. The predicted octanol–water partition coefficient (Wildman–Crippen LogP) is 3.84. The number of benzene rings is 2. The molecule has 3 rings (SSSR count). The lowest BCUT2D eigenvalue weighted by Gasteiger charge is -2.18. The summed E-state index contributed by atoms with van der Waals surface area (Å²) in [6.07, 6.45) is 0.250. The Morgan fingerprint density at radius 3 is 2.54 bits per heavy atom. The van der Waals surface area contributed by atoms with Gasteiger partial charge in [0.25, 0.3) is 0 Å². The van der Waals surface area contributed by atoms with E-state index in [0.717, 1.165) is 22.6 Å². The first-order valence-electron chi connectivity index (χ1n) is 9.07. The molecule has 0 atom stereocenters. The maximum absolute atomic E-state index is 13.9. The van der Waals surface area contributed by atoms with Crippen molar-refractivity contribution in [3.05, 3.63) is 76.9 Å². The van der Waals surface area contributed by atoms with Gasteiger partial charge in [-0.1, -0.05) is 24.3 Å². The zero-order valence-electron chi connectivity index (χ0n) is 16.6. The lowest BCUT2D eigenvalue weighted by Crippen LogP contribution is -2.28. The van der Waals surface area contributed by atoms with E-state index in [1.54, 1.807) is 24.1 Å². The van der Waals surface area contributed by atoms with Crippen LogP contribution in [0.15, 0.2) is 48.5 Å². The van der Waals surface area contributed by atoms with Crippen LogP contribution in [0.2, 0.25) is 0 Å². The molecule has 6 heteroatoms. The van der Waals surface area contributed by atoms with Gasteiger partial charge in [0.2, 0.25) is 5.91 Å². The van der Waals surface area contributed by atoms with Crippen LogP contribution in [-0.2, 0) is 17.8 Å². The van der Waals surface area contributed by atoms with Crippen LogP contribution in [0.1, 0.15) is 22.5 Å². The first-order valence-corrected chi connectivity index (χ1v) is 9.07. The Hall–Kier alpha value is -3.15. The summed E-state index contributed by atoms with van der Waals surface area (Å²) in [5, 5.41) is 4.59. The normalized spacial score (nSPS) is 10.8. The number of hydrogen-bond donors (Lipinski definition) is 0. The van der Waals surface area contributed by atoms with Crippen molar-refractivity contribution < 1.29 is 13.9 Å². The molecule has 1 aromatic heterocycles. The summed E-state index contributed by atoms with van der Waals surface area (Å²) in [6, 6.07) is 14.6. The standard InChI is InChI=1S/C22H24FN3O2/c1-15-19(16(2)26(24-15)18-8-6-5-7-9-18)13-22(27)25(3)14-17-10-11-21(28-4)20(23)12-17/h5-12H,13-14H2,1-4H3. The molecule has 3 aromatic rings. The van der Waals surface area contributed by atoms with E-state index in [4.69, 9.17) is 4.74 Å². The van der Waals surface area contributed by atoms with E-state index in [1.807, 2.05) is 48.9 Å². The third-order valence-corrected chi connectivity index (χ3v) is 4.83. The Kier molecular flexibility index (Phi) is 5.78. The highest BCUT2D eigenvalue weighted by atomic mass is 19.1. The number of hydrogen-bond acceptors (Lipinski definition) is 3. The molecule has 0 aliphatic heterocycles. The lowest BCUT2D eigenvalue weighted by molar-refractivity contribution is -0.129. The van der Waals surface area contributed by atoms with Gasteiger partial charge in [0.15, 0.2) is 11.6 Å². The van der Waals surface area contributed by atoms with Gasteiger partial charge in [0.1, 0.15) is 0 Å². The minimum absolute atomic E-state index is 0.0463. The molecule has 5 nitrogen and oxygen atoms in total. The van der Waals surface area contributed by atoms with Crippen LogP contribution in [0.3, 0.4) is 0 Å². The van der Waals surface area contributed by atoms with Gasteiger partial charge in [-0.15, -0.1) is 0 Å². The molecule has 0 bridgehead atoms. The predicted molar refractivity (Wildman–Crippen MR) is 106 cm³/mol. The van der Waals surface area contributed by atoms with E-state index >= 15 is 0 Å². The van der Waals surface area contributed by atoms with Gasteiger partial charge < -0.3 is 9.64 Å². The van der Waals surface area contributed by atoms with E-state index in [0.29, 0.717) is 12.1 Å². The van der Waals surface area contributed by atoms with Crippen molar-refractivity contribution in [2.24, 2.45) is 0 Å². The highest BCUT2D eigenvalue weighted by molar-refractivity contribution is 5.79. The molecule has 0 aliphatic carbocycles. The molecule has 0 aliphatic rings. The average Bonchev–Trinajstić information content (AvgIpc) is 2.97. The third kappa shape index (κ3) is 4.06. The first-order chi connectivity index (χ1) is 13.4. The number of halogens is 1. The molecule has 1 amide bonds. The van der Waals surface area contributed by atoms with Gasteiger partial charge in [-0.2, -0.15) is 5.10 Å². The smallest absolute Gasteiger partial charge is 0.227 e. The number of aromatic nitrogens is 2. The number of methoxy groups -OCH3 is 1. The van der Waals surface area contributed by atoms with Crippen molar-refractivity contribution in [2.75, 3.05) is 14.2 Å². The number of carbonyl (C=O) groups excluding carboxylic acids is 1. The Bertz CT molecular complexity index is 983. The SMILES string of the molecule is COc1ccc(CN(C)C(=O)Cc2c(C)nn(-c3ccccc3)c2C)cc1F. The summed E-state index contributed by atoms with van der Waals surface area (Å²) in [7, 11) is 3.14. The van der Waals surface area contributed by atoms with Crippen LogP contribution in [0.4, 0.5) is 4.39 Å². The maximum atomic E-state index is 13.9. The Morgan fingerprint density at radius 2 is 1.89 bits per heavy atom. The number of nitrogens with zero attached hydrogens (tertiary/aromatic N) is 3. The van der Waals surface area contributed by atoms with Crippen LogP contribution < -0.4 is 4.74 Å². The van der Waals surface area contributed by atoms with Crippen molar-refractivity contribution in [2.45, 2.75) is 26.8 Å². The van der Waals surface area contributed by atoms with Gasteiger partial charge in [-0.3, -0.25) is 4.79 Å². The van der Waals surface area contributed by atoms with Crippen molar-refractivity contribution in [1.82, 2.24) is 14.7 Å². The molecule has 0 spiro atoms. The average molecular weight is 381 g/mol. The molecular weight excluding hydrogens is 357 g/mol. The van der Waals surface area contributed by atoms with Gasteiger partial charge in [0, 0.05) is 24.8 Å². The van der Waals surface area contributed by atoms with Gasteiger partial charge in [0.05, 0.1) is 24.9 Å². The molecule has 146 valence electrons. The molecule has 2 aromatic carbocycles. The molecule has 0 N–H and O–H groups in total. The monoisotopic (exact) mass is 381 g/mol. The Balaban J connectivity index is 1.74. The number of carbonyl (C=O) groups is 1. The zero-order chi connectivity index (χ0) is 20.3. The fraction of sp³-hybridized carbons (Fsp3) is 0.273. The number of rotatable bonds is 6. The van der Waals surface area contributed by atoms with Crippen molar-refractivity contribution in [1.29, 1.82) is 0 Å². The van der Waals surface area contributed by atoms with E-state index in [9.17, 15) is 9.18 Å². The fourth-order valence-electron chi connectivity index (χ4n) is 3.21. The Labute approximate surface area is 164 Å². The van der Waals surface area contributed by atoms with Gasteiger partial charge >= 0.3 is 0 Å².